The first-order valence-corrected chi connectivity index (χ1v) is 11.9. The Hall–Kier alpha value is -2.43. The third-order valence-electron chi connectivity index (χ3n) is 4.36. The lowest BCUT2D eigenvalue weighted by Crippen LogP contribution is -2.15. The number of aromatic nitrogens is 3. The molecular formula is C20H22ClN5O3S2. The average molecular weight is 480 g/mol. The van der Waals surface area contributed by atoms with E-state index in [1.165, 1.54) is 34.8 Å². The van der Waals surface area contributed by atoms with Crippen molar-refractivity contribution in [2.45, 2.75) is 44.8 Å². The van der Waals surface area contributed by atoms with Crippen molar-refractivity contribution >= 4 is 52.0 Å². The minimum atomic E-state index is -0.538. The highest BCUT2D eigenvalue weighted by atomic mass is 35.5. The second-order valence-electron chi connectivity index (χ2n) is 7.08. The quantitative estimate of drug-likeness (QED) is 0.235. The summed E-state index contributed by atoms with van der Waals surface area (Å²) in [6.07, 6.45) is 2.12. The number of nitrogens with zero attached hydrogens (tertiary/aromatic N) is 4. The maximum absolute atomic E-state index is 12.4. The first-order valence-electron chi connectivity index (χ1n) is 9.69. The highest BCUT2D eigenvalue weighted by Crippen LogP contribution is 2.31. The van der Waals surface area contributed by atoms with Gasteiger partial charge in [-0.3, -0.25) is 19.5 Å². The number of thioether (sulfide) groups is 1. The van der Waals surface area contributed by atoms with Crippen LogP contribution < -0.4 is 5.32 Å². The molecule has 0 aliphatic heterocycles. The lowest BCUT2D eigenvalue weighted by atomic mass is 10.2. The lowest BCUT2D eigenvalue weighted by molar-refractivity contribution is -0.384. The first-order chi connectivity index (χ1) is 14.8. The molecule has 0 radical (unpaired) electrons. The predicted octanol–water partition coefficient (Wildman–Crippen LogP) is 5.83. The Morgan fingerprint density at radius 2 is 2.13 bits per heavy atom. The number of hydrogen-bond donors (Lipinski definition) is 1. The molecule has 0 saturated heterocycles. The van der Waals surface area contributed by atoms with Gasteiger partial charge in [0, 0.05) is 34.0 Å². The number of nitrogens with one attached hydrogen (secondary N) is 1. The van der Waals surface area contributed by atoms with E-state index in [1.807, 2.05) is 18.4 Å². The van der Waals surface area contributed by atoms with E-state index in [0.29, 0.717) is 5.16 Å². The number of benzene rings is 1. The van der Waals surface area contributed by atoms with E-state index in [9.17, 15) is 14.9 Å². The van der Waals surface area contributed by atoms with Gasteiger partial charge in [0.2, 0.25) is 5.91 Å². The number of thiophene rings is 1. The molecule has 3 aromatic rings. The van der Waals surface area contributed by atoms with E-state index in [2.05, 4.69) is 33.9 Å². The van der Waals surface area contributed by atoms with Crippen molar-refractivity contribution in [2.24, 2.45) is 0 Å². The summed E-state index contributed by atoms with van der Waals surface area (Å²) in [6.45, 7) is 6.23. The zero-order valence-electron chi connectivity index (χ0n) is 17.3. The molecule has 1 N–H and O–H groups in total. The Labute approximate surface area is 193 Å². The molecule has 0 bridgehead atoms. The van der Waals surface area contributed by atoms with Crippen LogP contribution in [0.15, 0.2) is 34.8 Å². The highest BCUT2D eigenvalue weighted by Gasteiger charge is 2.19. The monoisotopic (exact) mass is 479 g/mol. The molecule has 0 aliphatic carbocycles. The number of amides is 1. The lowest BCUT2D eigenvalue weighted by Gasteiger charge is -2.13. The molecule has 2 heterocycles. The topological polar surface area (TPSA) is 103 Å². The summed E-state index contributed by atoms with van der Waals surface area (Å²) in [4.78, 5) is 24.1. The number of nitro benzene ring substituents is 1. The molecule has 0 saturated carbocycles. The van der Waals surface area contributed by atoms with Gasteiger partial charge >= 0.3 is 0 Å². The summed E-state index contributed by atoms with van der Waals surface area (Å²) in [5.41, 5.74) is 1.08. The molecule has 2 aromatic heterocycles. The van der Waals surface area contributed by atoms with Crippen molar-refractivity contribution in [3.8, 4) is 11.4 Å². The summed E-state index contributed by atoms with van der Waals surface area (Å²) in [7, 11) is 0. The molecule has 0 unspecified atom stereocenters. The molecule has 31 heavy (non-hydrogen) atoms. The molecule has 8 nitrogen and oxygen atoms in total. The summed E-state index contributed by atoms with van der Waals surface area (Å²) < 4.78 is 2.01. The van der Waals surface area contributed by atoms with E-state index < -0.39 is 4.92 Å². The number of nitro groups is 1. The van der Waals surface area contributed by atoms with Crippen LogP contribution in [0.2, 0.25) is 5.02 Å². The molecule has 0 fully saturated rings. The Morgan fingerprint density at radius 1 is 1.35 bits per heavy atom. The van der Waals surface area contributed by atoms with Gasteiger partial charge in [-0.2, -0.15) is 0 Å². The van der Waals surface area contributed by atoms with Crippen molar-refractivity contribution in [1.29, 1.82) is 0 Å². The molecule has 164 valence electrons. The van der Waals surface area contributed by atoms with Gasteiger partial charge in [-0.1, -0.05) is 36.7 Å². The Balaban J connectivity index is 1.73. The van der Waals surface area contributed by atoms with Gasteiger partial charge in [0.15, 0.2) is 11.0 Å². The van der Waals surface area contributed by atoms with E-state index in [0.717, 1.165) is 24.2 Å². The smallest absolute Gasteiger partial charge is 0.271 e. The highest BCUT2D eigenvalue weighted by molar-refractivity contribution is 7.99. The third kappa shape index (κ3) is 5.63. The second kappa shape index (κ2) is 10.3. The summed E-state index contributed by atoms with van der Waals surface area (Å²) in [5.74, 6) is 0.500. The zero-order valence-corrected chi connectivity index (χ0v) is 19.7. The fourth-order valence-corrected chi connectivity index (χ4v) is 4.95. The van der Waals surface area contributed by atoms with E-state index in [1.54, 1.807) is 11.3 Å². The van der Waals surface area contributed by atoms with Crippen LogP contribution in [-0.4, -0.2) is 31.3 Å². The Morgan fingerprint density at radius 3 is 2.81 bits per heavy atom. The Bertz CT molecular complexity index is 1100. The minimum Gasteiger partial charge on any atom is -0.324 e. The number of anilines is 1. The standard InChI is InChI=1S/C20H22ClN5O3S2/c1-4-5-15-8-13(10-30-15)19-23-24-20(25(19)12(2)3)31-11-18(27)22-17-9-14(26(28)29)6-7-16(17)21/h6-10,12H,4-5,11H2,1-3H3,(H,22,27). The normalized spacial score (nSPS) is 11.1. The van der Waals surface area contributed by atoms with Gasteiger partial charge in [0.1, 0.15) is 0 Å². The summed E-state index contributed by atoms with van der Waals surface area (Å²) in [6, 6.07) is 6.16. The molecule has 0 spiro atoms. The van der Waals surface area contributed by atoms with Crippen molar-refractivity contribution in [1.82, 2.24) is 14.8 Å². The molecule has 0 aliphatic rings. The third-order valence-corrected chi connectivity index (χ3v) is 6.63. The second-order valence-corrected chi connectivity index (χ2v) is 9.43. The SMILES string of the molecule is CCCc1cc(-c2nnc(SCC(=O)Nc3cc([N+](=O)[O-])ccc3Cl)n2C(C)C)cs1. The van der Waals surface area contributed by atoms with Crippen LogP contribution in [-0.2, 0) is 11.2 Å². The predicted molar refractivity (Wildman–Crippen MR) is 125 cm³/mol. The number of carbonyl (C=O) groups is 1. The Kier molecular flexibility index (Phi) is 7.69. The maximum atomic E-state index is 12.4. The average Bonchev–Trinajstić information content (AvgIpc) is 3.35. The van der Waals surface area contributed by atoms with Crippen LogP contribution in [0.3, 0.4) is 0 Å². The number of halogens is 1. The first kappa shape index (κ1) is 23.2. The van der Waals surface area contributed by atoms with Gasteiger partial charge in [-0.15, -0.1) is 21.5 Å². The largest absolute Gasteiger partial charge is 0.324 e. The molecule has 11 heteroatoms. The van der Waals surface area contributed by atoms with Gasteiger partial charge in [-0.05, 0) is 32.4 Å². The number of rotatable bonds is 9. The van der Waals surface area contributed by atoms with Crippen LogP contribution in [0.25, 0.3) is 11.4 Å². The van der Waals surface area contributed by atoms with Gasteiger partial charge in [0.25, 0.3) is 5.69 Å². The summed E-state index contributed by atoms with van der Waals surface area (Å²) in [5, 5.41) is 25.2. The van der Waals surface area contributed by atoms with E-state index in [4.69, 9.17) is 11.6 Å². The van der Waals surface area contributed by atoms with E-state index >= 15 is 0 Å². The van der Waals surface area contributed by atoms with Crippen LogP contribution >= 0.6 is 34.7 Å². The van der Waals surface area contributed by atoms with Gasteiger partial charge in [-0.25, -0.2) is 0 Å². The molecule has 1 aromatic carbocycles. The van der Waals surface area contributed by atoms with Crippen molar-refractivity contribution in [3.05, 3.63) is 49.7 Å². The fraction of sp³-hybridized carbons (Fsp3) is 0.350. The number of non-ortho nitro benzene ring substituents is 1. The number of aryl methyl sites for hydroxylation is 1. The van der Waals surface area contributed by atoms with Crippen LogP contribution in [0.5, 0.6) is 0 Å². The fourth-order valence-electron chi connectivity index (χ4n) is 2.95. The van der Waals surface area contributed by atoms with E-state index in [-0.39, 0.29) is 34.1 Å². The number of carbonyl (C=O) groups excluding carboxylic acids is 1. The molecule has 0 atom stereocenters. The van der Waals surface area contributed by atoms with Crippen molar-refractivity contribution in [3.63, 3.8) is 0 Å². The van der Waals surface area contributed by atoms with Crippen LogP contribution in [0.1, 0.15) is 38.1 Å². The zero-order chi connectivity index (χ0) is 22.5. The molecule has 1 amide bonds. The maximum Gasteiger partial charge on any atom is 0.271 e. The van der Waals surface area contributed by atoms with Crippen molar-refractivity contribution in [2.75, 3.05) is 11.1 Å². The minimum absolute atomic E-state index is 0.0641. The van der Waals surface area contributed by atoms with Gasteiger partial charge < -0.3 is 5.32 Å². The van der Waals surface area contributed by atoms with Crippen molar-refractivity contribution < 1.29 is 9.72 Å². The van der Waals surface area contributed by atoms with Crippen LogP contribution in [0.4, 0.5) is 11.4 Å². The van der Waals surface area contributed by atoms with Gasteiger partial charge in [0.05, 0.1) is 21.4 Å². The summed E-state index contributed by atoms with van der Waals surface area (Å²) >= 11 is 9.02. The van der Waals surface area contributed by atoms with Crippen LogP contribution in [0, 0.1) is 10.1 Å². The molecular weight excluding hydrogens is 458 g/mol. The molecule has 3 rings (SSSR count). The number of hydrogen-bond acceptors (Lipinski definition) is 7.